The number of fused-ring (bicyclic) bond motifs is 1. The van der Waals surface area contributed by atoms with Crippen molar-refractivity contribution in [1.29, 1.82) is 0 Å². The number of aryl methyl sites for hydroxylation is 1. The molecule has 0 fully saturated rings. The van der Waals surface area contributed by atoms with E-state index in [0.717, 1.165) is 27.9 Å². The molecule has 8 nitrogen and oxygen atoms in total. The molecule has 2 heterocycles. The van der Waals surface area contributed by atoms with Gasteiger partial charge in [0.25, 0.3) is 0 Å². The van der Waals surface area contributed by atoms with E-state index in [0.29, 0.717) is 23.6 Å². The molecule has 0 saturated heterocycles. The Bertz CT molecular complexity index is 1170. The molecule has 0 saturated carbocycles. The Morgan fingerprint density at radius 2 is 1.72 bits per heavy atom. The van der Waals surface area contributed by atoms with Crippen LogP contribution in [0.15, 0.2) is 53.8 Å². The fourth-order valence-electron chi connectivity index (χ4n) is 4.00. The lowest BCUT2D eigenvalue weighted by Gasteiger charge is -2.22. The van der Waals surface area contributed by atoms with E-state index in [1.165, 1.54) is 5.01 Å². The molecule has 1 unspecified atom stereocenters. The third-order valence-corrected chi connectivity index (χ3v) is 5.70. The van der Waals surface area contributed by atoms with Crippen LogP contribution in [0.4, 0.5) is 4.79 Å². The molecule has 0 spiro atoms. The van der Waals surface area contributed by atoms with Crippen LogP contribution in [0.3, 0.4) is 0 Å². The molecule has 2 aromatic carbocycles. The Labute approximate surface area is 187 Å². The number of aromatic nitrogens is 2. The Morgan fingerprint density at radius 1 is 1.06 bits per heavy atom. The van der Waals surface area contributed by atoms with Crippen LogP contribution in [0.2, 0.25) is 0 Å². The smallest absolute Gasteiger partial charge is 0.337 e. The normalized spacial score (nSPS) is 15.5. The summed E-state index contributed by atoms with van der Waals surface area (Å²) in [6, 6.07) is 13.6. The van der Waals surface area contributed by atoms with E-state index in [1.807, 2.05) is 61.1 Å². The molecule has 8 heteroatoms. The molecule has 1 aromatic heterocycles. The fourth-order valence-corrected chi connectivity index (χ4v) is 4.00. The number of ether oxygens (including phenoxy) is 2. The first-order chi connectivity index (χ1) is 15.5. The van der Waals surface area contributed by atoms with Gasteiger partial charge in [0.1, 0.15) is 0 Å². The Balaban J connectivity index is 1.87. The van der Waals surface area contributed by atoms with Crippen molar-refractivity contribution in [2.75, 3.05) is 21.3 Å². The van der Waals surface area contributed by atoms with E-state index in [4.69, 9.17) is 14.6 Å². The average molecular weight is 434 g/mol. The maximum Gasteiger partial charge on any atom is 0.337 e. The van der Waals surface area contributed by atoms with Gasteiger partial charge in [0, 0.05) is 31.4 Å². The van der Waals surface area contributed by atoms with Crippen LogP contribution >= 0.6 is 0 Å². The van der Waals surface area contributed by atoms with Crippen molar-refractivity contribution in [3.05, 3.63) is 65.4 Å². The highest BCUT2D eigenvalue weighted by molar-refractivity contribution is 6.14. The molecular weight excluding hydrogens is 406 g/mol. The van der Waals surface area contributed by atoms with Crippen LogP contribution in [0.5, 0.6) is 11.5 Å². The minimum atomic E-state index is -0.256. The molecule has 4 rings (SSSR count). The highest BCUT2D eigenvalue weighted by atomic mass is 16.5. The molecule has 1 aliphatic rings. The first-order valence-corrected chi connectivity index (χ1v) is 10.4. The van der Waals surface area contributed by atoms with Gasteiger partial charge < -0.3 is 14.8 Å². The standard InChI is InChI=1S/C24H27N5O3/c1-15-12-18-13-21(31-4)22(32-5)14-19(18)23(27-29(15)24(30)25-2)17-8-6-16(7-9-17)20-10-11-26-28(20)3/h6-11,13-15H,12H2,1-5H3,(H,25,30). The van der Waals surface area contributed by atoms with Crippen LogP contribution in [-0.4, -0.2) is 53.8 Å². The first kappa shape index (κ1) is 21.4. The molecule has 1 N–H and O–H groups in total. The minimum absolute atomic E-state index is 0.141. The lowest BCUT2D eigenvalue weighted by Crippen LogP contribution is -2.41. The SMILES string of the molecule is CNC(=O)N1N=C(c2ccc(-c3ccnn3C)cc2)c2cc(OC)c(OC)cc2CC1C. The van der Waals surface area contributed by atoms with Crippen molar-refractivity contribution >= 4 is 11.7 Å². The molecule has 166 valence electrons. The number of methoxy groups -OCH3 is 2. The van der Waals surface area contributed by atoms with E-state index in [1.54, 1.807) is 27.5 Å². The summed E-state index contributed by atoms with van der Waals surface area (Å²) < 4.78 is 12.9. The van der Waals surface area contributed by atoms with E-state index in [2.05, 4.69) is 10.4 Å². The van der Waals surface area contributed by atoms with Gasteiger partial charge in [0.2, 0.25) is 0 Å². The molecule has 2 amide bonds. The zero-order valence-corrected chi connectivity index (χ0v) is 18.9. The van der Waals surface area contributed by atoms with Gasteiger partial charge in [-0.3, -0.25) is 4.68 Å². The van der Waals surface area contributed by atoms with Gasteiger partial charge >= 0.3 is 6.03 Å². The average Bonchev–Trinajstić information content (AvgIpc) is 3.18. The topological polar surface area (TPSA) is 81.0 Å². The first-order valence-electron chi connectivity index (χ1n) is 10.4. The number of carbonyl (C=O) groups excluding carboxylic acids is 1. The Kier molecular flexibility index (Phi) is 5.85. The van der Waals surface area contributed by atoms with Crippen molar-refractivity contribution in [1.82, 2.24) is 20.1 Å². The van der Waals surface area contributed by atoms with Gasteiger partial charge in [-0.1, -0.05) is 24.3 Å². The number of hydrogen-bond acceptors (Lipinski definition) is 5. The maximum atomic E-state index is 12.6. The van der Waals surface area contributed by atoms with Crippen molar-refractivity contribution in [3.8, 4) is 22.8 Å². The van der Waals surface area contributed by atoms with Gasteiger partial charge in [-0.15, -0.1) is 0 Å². The summed E-state index contributed by atoms with van der Waals surface area (Å²) in [7, 11) is 6.75. The molecule has 0 radical (unpaired) electrons. The quantitative estimate of drug-likeness (QED) is 0.683. The van der Waals surface area contributed by atoms with Crippen LogP contribution < -0.4 is 14.8 Å². The number of rotatable bonds is 4. The monoisotopic (exact) mass is 433 g/mol. The third-order valence-electron chi connectivity index (χ3n) is 5.70. The summed E-state index contributed by atoms with van der Waals surface area (Å²) >= 11 is 0. The largest absolute Gasteiger partial charge is 0.493 e. The van der Waals surface area contributed by atoms with E-state index in [-0.39, 0.29) is 12.1 Å². The predicted molar refractivity (Wildman–Crippen MR) is 123 cm³/mol. The summed E-state index contributed by atoms with van der Waals surface area (Å²) in [5, 5.41) is 13.2. The second-order valence-electron chi connectivity index (χ2n) is 7.68. The van der Waals surface area contributed by atoms with Gasteiger partial charge in [-0.25, -0.2) is 9.80 Å². The predicted octanol–water partition coefficient (Wildman–Crippen LogP) is 3.44. The van der Waals surface area contributed by atoms with E-state index < -0.39 is 0 Å². The lowest BCUT2D eigenvalue weighted by atomic mass is 9.93. The Morgan fingerprint density at radius 3 is 2.31 bits per heavy atom. The summed E-state index contributed by atoms with van der Waals surface area (Å²) in [4.78, 5) is 12.6. The highest BCUT2D eigenvalue weighted by Gasteiger charge is 2.28. The van der Waals surface area contributed by atoms with Gasteiger partial charge in [-0.05, 0) is 42.7 Å². The minimum Gasteiger partial charge on any atom is -0.493 e. The zero-order valence-electron chi connectivity index (χ0n) is 18.9. The van der Waals surface area contributed by atoms with E-state index in [9.17, 15) is 4.79 Å². The molecule has 1 aliphatic heterocycles. The van der Waals surface area contributed by atoms with Crippen molar-refractivity contribution in [3.63, 3.8) is 0 Å². The van der Waals surface area contributed by atoms with E-state index >= 15 is 0 Å². The summed E-state index contributed by atoms with van der Waals surface area (Å²) in [6.07, 6.45) is 2.40. The molecule has 32 heavy (non-hydrogen) atoms. The van der Waals surface area contributed by atoms with Crippen LogP contribution in [0.1, 0.15) is 23.6 Å². The number of hydrogen-bond donors (Lipinski definition) is 1. The maximum absolute atomic E-state index is 12.6. The van der Waals surface area contributed by atoms with Gasteiger partial charge in [-0.2, -0.15) is 10.2 Å². The van der Waals surface area contributed by atoms with Crippen molar-refractivity contribution in [2.45, 2.75) is 19.4 Å². The number of hydrazone groups is 1. The molecule has 3 aromatic rings. The third kappa shape index (κ3) is 3.79. The lowest BCUT2D eigenvalue weighted by molar-refractivity contribution is 0.184. The second-order valence-corrected chi connectivity index (χ2v) is 7.68. The second kappa shape index (κ2) is 8.74. The number of nitrogens with one attached hydrogen (secondary N) is 1. The zero-order chi connectivity index (χ0) is 22.8. The molecule has 1 atom stereocenters. The van der Waals surface area contributed by atoms with Crippen LogP contribution in [0, 0.1) is 0 Å². The summed E-state index contributed by atoms with van der Waals surface area (Å²) in [5.74, 6) is 1.27. The number of benzene rings is 2. The fraction of sp³-hybridized carbons (Fsp3) is 0.292. The summed E-state index contributed by atoms with van der Waals surface area (Å²) in [5.41, 5.74) is 5.61. The van der Waals surface area contributed by atoms with Crippen molar-refractivity contribution in [2.24, 2.45) is 12.1 Å². The van der Waals surface area contributed by atoms with Crippen molar-refractivity contribution < 1.29 is 14.3 Å². The van der Waals surface area contributed by atoms with Gasteiger partial charge in [0.15, 0.2) is 11.5 Å². The Hall–Kier alpha value is -3.81. The number of carbonyl (C=O) groups is 1. The number of amides is 2. The molecule has 0 bridgehead atoms. The molecule has 0 aliphatic carbocycles. The van der Waals surface area contributed by atoms with Crippen LogP contribution in [-0.2, 0) is 13.5 Å². The summed E-state index contributed by atoms with van der Waals surface area (Å²) in [6.45, 7) is 1.98. The highest BCUT2D eigenvalue weighted by Crippen LogP contribution is 2.35. The number of nitrogens with zero attached hydrogens (tertiary/aromatic N) is 4. The van der Waals surface area contributed by atoms with Gasteiger partial charge in [0.05, 0.1) is 31.7 Å². The van der Waals surface area contributed by atoms with Crippen LogP contribution in [0.25, 0.3) is 11.3 Å². The number of urea groups is 1. The molecular formula is C24H27N5O3.